The summed E-state index contributed by atoms with van der Waals surface area (Å²) in [6.07, 6.45) is 3.92. The van der Waals surface area contributed by atoms with E-state index in [9.17, 15) is 14.3 Å². The second-order valence-corrected chi connectivity index (χ2v) is 6.02. The predicted molar refractivity (Wildman–Crippen MR) is 80.5 cm³/mol. The second kappa shape index (κ2) is 7.00. The highest BCUT2D eigenvalue weighted by Gasteiger charge is 2.34. The molecular formula is C16H23FN2O2. The molecule has 0 spiro atoms. The molecule has 1 aliphatic carbocycles. The van der Waals surface area contributed by atoms with Crippen LogP contribution in [0.2, 0.25) is 0 Å². The Morgan fingerprint density at radius 2 is 2.24 bits per heavy atom. The van der Waals surface area contributed by atoms with Crippen LogP contribution in [0.15, 0.2) is 24.3 Å². The summed E-state index contributed by atoms with van der Waals surface area (Å²) in [5.74, 6) is -0.215. The topological polar surface area (TPSA) is 61.4 Å². The molecule has 0 bridgehead atoms. The van der Waals surface area contributed by atoms with Gasteiger partial charge in [0, 0.05) is 5.54 Å². The minimum atomic E-state index is -0.450. The number of para-hydroxylation sites is 1. The molecule has 4 nitrogen and oxygen atoms in total. The smallest absolute Gasteiger partial charge is 0.238 e. The fourth-order valence-electron chi connectivity index (χ4n) is 3.04. The van der Waals surface area contributed by atoms with E-state index in [-0.39, 0.29) is 30.3 Å². The molecule has 2 rings (SSSR count). The summed E-state index contributed by atoms with van der Waals surface area (Å²) in [4.78, 5) is 11.9. The van der Waals surface area contributed by atoms with Crippen LogP contribution in [0, 0.1) is 11.7 Å². The minimum Gasteiger partial charge on any atom is -0.394 e. The average molecular weight is 294 g/mol. The Kier molecular flexibility index (Phi) is 5.31. The first-order valence-electron chi connectivity index (χ1n) is 7.45. The monoisotopic (exact) mass is 294 g/mol. The van der Waals surface area contributed by atoms with Crippen molar-refractivity contribution in [3.63, 3.8) is 0 Å². The molecule has 1 amide bonds. The van der Waals surface area contributed by atoms with Gasteiger partial charge in [0.2, 0.25) is 5.91 Å². The molecular weight excluding hydrogens is 271 g/mol. The molecule has 1 aliphatic rings. The number of amides is 1. The zero-order valence-corrected chi connectivity index (χ0v) is 12.4. The zero-order chi connectivity index (χ0) is 15.3. The lowest BCUT2D eigenvalue weighted by molar-refractivity contribution is -0.116. The van der Waals surface area contributed by atoms with E-state index in [1.165, 1.54) is 12.1 Å². The maximum Gasteiger partial charge on any atom is 0.238 e. The number of aliphatic hydroxyl groups is 1. The van der Waals surface area contributed by atoms with Gasteiger partial charge in [-0.1, -0.05) is 31.9 Å². The molecule has 1 aromatic rings. The number of carbonyl (C=O) groups is 1. The summed E-state index contributed by atoms with van der Waals surface area (Å²) < 4.78 is 13.5. The summed E-state index contributed by atoms with van der Waals surface area (Å²) >= 11 is 0. The molecule has 0 saturated heterocycles. The van der Waals surface area contributed by atoms with Gasteiger partial charge in [-0.15, -0.1) is 0 Å². The normalized spacial score (nSPS) is 25.6. The summed E-state index contributed by atoms with van der Waals surface area (Å²) in [5, 5.41) is 15.4. The first-order chi connectivity index (χ1) is 10.0. The van der Waals surface area contributed by atoms with Crippen LogP contribution in [-0.2, 0) is 4.79 Å². The van der Waals surface area contributed by atoms with Crippen LogP contribution in [0.1, 0.15) is 32.6 Å². The number of carbonyl (C=O) groups excluding carboxylic acids is 1. The van der Waals surface area contributed by atoms with Crippen molar-refractivity contribution in [3.8, 4) is 0 Å². The van der Waals surface area contributed by atoms with Crippen molar-refractivity contribution >= 4 is 11.6 Å². The Balaban J connectivity index is 1.89. The molecule has 2 atom stereocenters. The number of halogens is 1. The van der Waals surface area contributed by atoms with Gasteiger partial charge in [0.1, 0.15) is 5.82 Å². The van der Waals surface area contributed by atoms with Crippen molar-refractivity contribution in [2.75, 3.05) is 18.5 Å². The Labute approximate surface area is 124 Å². The summed E-state index contributed by atoms with van der Waals surface area (Å²) in [7, 11) is 0. The van der Waals surface area contributed by atoms with E-state index in [4.69, 9.17) is 0 Å². The lowest BCUT2D eigenvalue weighted by atomic mass is 9.77. The first-order valence-corrected chi connectivity index (χ1v) is 7.45. The third kappa shape index (κ3) is 4.25. The maximum absolute atomic E-state index is 13.5. The van der Waals surface area contributed by atoms with Gasteiger partial charge in [-0.3, -0.25) is 4.79 Å². The Morgan fingerprint density at radius 3 is 2.90 bits per heavy atom. The molecule has 5 heteroatoms. The van der Waals surface area contributed by atoms with E-state index in [2.05, 4.69) is 17.6 Å². The summed E-state index contributed by atoms with van der Waals surface area (Å²) in [6.45, 7) is 2.25. The Morgan fingerprint density at radius 1 is 1.48 bits per heavy atom. The Bertz CT molecular complexity index is 495. The minimum absolute atomic E-state index is 0.0182. The Hall–Kier alpha value is -1.46. The van der Waals surface area contributed by atoms with Crippen LogP contribution in [-0.4, -0.2) is 29.7 Å². The number of benzene rings is 1. The number of aliphatic hydroxyl groups excluding tert-OH is 1. The SMILES string of the molecule is CC1CCCC(CO)(NCC(=O)Nc2ccccc2F)C1. The van der Waals surface area contributed by atoms with Gasteiger partial charge in [-0.25, -0.2) is 4.39 Å². The number of anilines is 1. The van der Waals surface area contributed by atoms with Gasteiger partial charge in [0.05, 0.1) is 18.8 Å². The van der Waals surface area contributed by atoms with Gasteiger partial charge in [0.25, 0.3) is 0 Å². The quantitative estimate of drug-likeness (QED) is 0.781. The van der Waals surface area contributed by atoms with E-state index >= 15 is 0 Å². The lowest BCUT2D eigenvalue weighted by Gasteiger charge is -2.39. The molecule has 21 heavy (non-hydrogen) atoms. The van der Waals surface area contributed by atoms with Crippen LogP contribution in [0.25, 0.3) is 0 Å². The van der Waals surface area contributed by atoms with Crippen LogP contribution in [0.4, 0.5) is 10.1 Å². The highest BCUT2D eigenvalue weighted by Crippen LogP contribution is 2.31. The fourth-order valence-corrected chi connectivity index (χ4v) is 3.04. The standard InChI is InChI=1S/C16H23FN2O2/c1-12-5-4-8-16(9-12,11-20)18-10-15(21)19-14-7-3-2-6-13(14)17/h2-3,6-7,12,18,20H,4-5,8-11H2,1H3,(H,19,21). The zero-order valence-electron chi connectivity index (χ0n) is 12.4. The van der Waals surface area contributed by atoms with Crippen LogP contribution in [0.3, 0.4) is 0 Å². The average Bonchev–Trinajstić information content (AvgIpc) is 2.48. The van der Waals surface area contributed by atoms with Crippen LogP contribution in [0.5, 0.6) is 0 Å². The third-order valence-electron chi connectivity index (χ3n) is 4.17. The molecule has 0 aliphatic heterocycles. The highest BCUT2D eigenvalue weighted by molar-refractivity contribution is 5.92. The molecule has 0 aromatic heterocycles. The van der Waals surface area contributed by atoms with Gasteiger partial charge in [-0.2, -0.15) is 0 Å². The number of hydrogen-bond acceptors (Lipinski definition) is 3. The fraction of sp³-hybridized carbons (Fsp3) is 0.562. The van der Waals surface area contributed by atoms with Gasteiger partial charge >= 0.3 is 0 Å². The first kappa shape index (κ1) is 15.9. The molecule has 3 N–H and O–H groups in total. The third-order valence-corrected chi connectivity index (χ3v) is 4.17. The van der Waals surface area contributed by atoms with Crippen molar-refractivity contribution in [3.05, 3.63) is 30.1 Å². The number of nitrogens with one attached hydrogen (secondary N) is 2. The summed E-state index contributed by atoms with van der Waals surface area (Å²) in [5.41, 5.74) is -0.205. The van der Waals surface area contributed by atoms with E-state index in [0.29, 0.717) is 5.92 Å². The summed E-state index contributed by atoms with van der Waals surface area (Å²) in [6, 6.07) is 6.08. The van der Waals surface area contributed by atoms with Crippen LogP contribution < -0.4 is 10.6 Å². The van der Waals surface area contributed by atoms with Crippen molar-refractivity contribution in [2.24, 2.45) is 5.92 Å². The molecule has 1 aromatic carbocycles. The largest absolute Gasteiger partial charge is 0.394 e. The lowest BCUT2D eigenvalue weighted by Crippen LogP contribution is -2.53. The van der Waals surface area contributed by atoms with Crippen molar-refractivity contribution < 1.29 is 14.3 Å². The van der Waals surface area contributed by atoms with E-state index in [1.807, 2.05) is 0 Å². The molecule has 116 valence electrons. The molecule has 0 heterocycles. The highest BCUT2D eigenvalue weighted by atomic mass is 19.1. The van der Waals surface area contributed by atoms with Gasteiger partial charge in [-0.05, 0) is 30.9 Å². The number of hydrogen-bond donors (Lipinski definition) is 3. The van der Waals surface area contributed by atoms with Crippen molar-refractivity contribution in [1.82, 2.24) is 5.32 Å². The van der Waals surface area contributed by atoms with Crippen LogP contribution >= 0.6 is 0 Å². The van der Waals surface area contributed by atoms with Crippen molar-refractivity contribution in [1.29, 1.82) is 0 Å². The van der Waals surface area contributed by atoms with E-state index in [0.717, 1.165) is 25.7 Å². The van der Waals surface area contributed by atoms with Crippen molar-refractivity contribution in [2.45, 2.75) is 38.1 Å². The molecule has 0 radical (unpaired) electrons. The molecule has 1 fully saturated rings. The van der Waals surface area contributed by atoms with Gasteiger partial charge in [0.15, 0.2) is 0 Å². The maximum atomic E-state index is 13.5. The van der Waals surface area contributed by atoms with E-state index < -0.39 is 5.82 Å². The second-order valence-electron chi connectivity index (χ2n) is 6.02. The number of rotatable bonds is 5. The van der Waals surface area contributed by atoms with Gasteiger partial charge < -0.3 is 15.7 Å². The predicted octanol–water partition coefficient (Wildman–Crippen LogP) is 2.29. The molecule has 2 unspecified atom stereocenters. The molecule has 1 saturated carbocycles. The van der Waals surface area contributed by atoms with E-state index in [1.54, 1.807) is 12.1 Å².